The third-order valence-electron chi connectivity index (χ3n) is 3.80. The molecule has 2 aromatic carbocycles. The van der Waals surface area contributed by atoms with Gasteiger partial charge in [-0.2, -0.15) is 5.10 Å². The van der Waals surface area contributed by atoms with Crippen molar-refractivity contribution < 1.29 is 12.8 Å². The van der Waals surface area contributed by atoms with E-state index in [4.69, 9.17) is 28.9 Å². The largest absolute Gasteiger partial charge is 0.396 e. The van der Waals surface area contributed by atoms with E-state index in [1.54, 1.807) is 13.8 Å². The number of nitrogens with zero attached hydrogens (tertiary/aromatic N) is 2. The molecule has 0 bridgehead atoms. The Bertz CT molecular complexity index is 1120. The molecule has 0 saturated carbocycles. The van der Waals surface area contributed by atoms with Crippen LogP contribution in [0.15, 0.2) is 41.3 Å². The lowest BCUT2D eigenvalue weighted by molar-refractivity contribution is 0.600. The summed E-state index contributed by atoms with van der Waals surface area (Å²) in [5.74, 6) is -0.630. The van der Waals surface area contributed by atoms with Gasteiger partial charge < -0.3 is 5.73 Å². The number of nitrogens with one attached hydrogen (secondary N) is 1. The van der Waals surface area contributed by atoms with Crippen molar-refractivity contribution in [3.8, 4) is 5.69 Å². The number of halogens is 3. The number of nitrogens with two attached hydrogens (primary N) is 1. The number of benzene rings is 2. The molecule has 0 aliphatic heterocycles. The monoisotopic (exact) mass is 428 g/mol. The molecule has 0 amide bonds. The predicted octanol–water partition coefficient (Wildman–Crippen LogP) is 4.32. The average molecular weight is 429 g/mol. The summed E-state index contributed by atoms with van der Waals surface area (Å²) >= 11 is 11.8. The summed E-state index contributed by atoms with van der Waals surface area (Å²) in [5.41, 5.74) is 7.45. The Balaban J connectivity index is 1.94. The summed E-state index contributed by atoms with van der Waals surface area (Å²) < 4.78 is 43.3. The van der Waals surface area contributed by atoms with Crippen molar-refractivity contribution in [3.05, 3.63) is 63.6 Å². The van der Waals surface area contributed by atoms with Gasteiger partial charge in [-0.3, -0.25) is 4.72 Å². The minimum Gasteiger partial charge on any atom is -0.396 e. The summed E-state index contributed by atoms with van der Waals surface area (Å²) in [4.78, 5) is -0.185. The number of nitrogen functional groups attached to an aromatic ring is 1. The summed E-state index contributed by atoms with van der Waals surface area (Å²) in [5, 5.41) is 4.23. The van der Waals surface area contributed by atoms with Gasteiger partial charge >= 0.3 is 0 Å². The van der Waals surface area contributed by atoms with Gasteiger partial charge in [-0.05, 0) is 44.2 Å². The second-order valence-corrected chi connectivity index (χ2v) is 8.41. The Morgan fingerprint density at radius 3 is 2.26 bits per heavy atom. The first kappa shape index (κ1) is 19.5. The maximum absolute atomic E-state index is 14.5. The molecule has 1 heterocycles. The Kier molecular flexibility index (Phi) is 5.07. The maximum Gasteiger partial charge on any atom is 0.262 e. The Morgan fingerprint density at radius 2 is 1.74 bits per heavy atom. The first-order valence-electron chi connectivity index (χ1n) is 7.69. The van der Waals surface area contributed by atoms with Crippen molar-refractivity contribution >= 4 is 44.6 Å². The molecule has 6 nitrogen and oxygen atoms in total. The van der Waals surface area contributed by atoms with Crippen LogP contribution < -0.4 is 10.5 Å². The molecular weight excluding hydrogens is 414 g/mol. The highest BCUT2D eigenvalue weighted by Gasteiger charge is 2.19. The molecule has 3 rings (SSSR count). The van der Waals surface area contributed by atoms with Crippen LogP contribution >= 0.6 is 23.2 Å². The van der Waals surface area contributed by atoms with Gasteiger partial charge in [0.1, 0.15) is 5.69 Å². The van der Waals surface area contributed by atoms with Crippen molar-refractivity contribution in [2.45, 2.75) is 18.7 Å². The third kappa shape index (κ3) is 3.87. The van der Waals surface area contributed by atoms with E-state index in [-0.39, 0.29) is 32.0 Å². The number of hydrogen-bond donors (Lipinski definition) is 2. The number of anilines is 2. The van der Waals surface area contributed by atoms with E-state index in [0.717, 1.165) is 17.5 Å². The van der Waals surface area contributed by atoms with E-state index >= 15 is 0 Å². The van der Waals surface area contributed by atoms with Crippen LogP contribution in [0.3, 0.4) is 0 Å². The lowest BCUT2D eigenvalue weighted by Crippen LogP contribution is -2.14. The van der Waals surface area contributed by atoms with Gasteiger partial charge in [0, 0.05) is 11.8 Å². The molecule has 0 aliphatic rings. The van der Waals surface area contributed by atoms with Crippen LogP contribution in [0.1, 0.15) is 11.4 Å². The Hall–Kier alpha value is -2.29. The molecule has 0 fully saturated rings. The van der Waals surface area contributed by atoms with Crippen LogP contribution in [0.25, 0.3) is 5.69 Å². The van der Waals surface area contributed by atoms with E-state index in [2.05, 4.69) is 9.82 Å². The fourth-order valence-electron chi connectivity index (χ4n) is 2.55. The number of sulfonamides is 1. The highest BCUT2D eigenvalue weighted by atomic mass is 35.5. The van der Waals surface area contributed by atoms with Gasteiger partial charge in [0.05, 0.1) is 32.0 Å². The second kappa shape index (κ2) is 7.03. The summed E-state index contributed by atoms with van der Waals surface area (Å²) in [6.45, 7) is 3.59. The van der Waals surface area contributed by atoms with Crippen LogP contribution in [-0.2, 0) is 10.0 Å². The molecule has 3 N–H and O–H groups in total. The lowest BCUT2D eigenvalue weighted by Gasteiger charge is -2.12. The van der Waals surface area contributed by atoms with Gasteiger partial charge in [-0.15, -0.1) is 0 Å². The summed E-state index contributed by atoms with van der Waals surface area (Å²) in [6.07, 6.45) is 0. The van der Waals surface area contributed by atoms with Crippen LogP contribution in [0.2, 0.25) is 10.0 Å². The highest BCUT2D eigenvalue weighted by Crippen LogP contribution is 2.31. The number of rotatable bonds is 4. The zero-order chi connectivity index (χ0) is 19.9. The van der Waals surface area contributed by atoms with E-state index in [1.807, 2.05) is 6.07 Å². The zero-order valence-corrected chi connectivity index (χ0v) is 16.6. The molecule has 0 atom stereocenters. The van der Waals surface area contributed by atoms with Gasteiger partial charge in [0.2, 0.25) is 0 Å². The number of aromatic nitrogens is 2. The molecule has 0 spiro atoms. The summed E-state index contributed by atoms with van der Waals surface area (Å²) in [7, 11) is -4.04. The fourth-order valence-corrected chi connectivity index (χ4v) is 4.26. The van der Waals surface area contributed by atoms with Crippen molar-refractivity contribution in [2.75, 3.05) is 10.5 Å². The van der Waals surface area contributed by atoms with Crippen LogP contribution in [-0.4, -0.2) is 18.2 Å². The van der Waals surface area contributed by atoms with Crippen LogP contribution in [0.5, 0.6) is 0 Å². The molecule has 10 heteroatoms. The first-order valence-corrected chi connectivity index (χ1v) is 9.93. The van der Waals surface area contributed by atoms with Gasteiger partial charge in [0.15, 0.2) is 5.82 Å². The lowest BCUT2D eigenvalue weighted by atomic mass is 10.2. The smallest absolute Gasteiger partial charge is 0.262 e. The van der Waals surface area contributed by atoms with Crippen molar-refractivity contribution in [3.63, 3.8) is 0 Å². The SMILES string of the molecule is Cc1cc(C)n(-c2ccc(NS(=O)(=O)c3cc(Cl)c(N)c(Cl)c3)cc2F)n1. The number of hydrogen-bond acceptors (Lipinski definition) is 4. The molecule has 0 aliphatic carbocycles. The standard InChI is InChI=1S/C17H15Cl2FN4O2S/c1-9-5-10(2)24(22-9)16-4-3-11(6-15(16)20)23-27(25,26)12-7-13(18)17(21)14(19)8-12/h3-8,23H,21H2,1-2H3. The minimum absolute atomic E-state index is 0.00827. The van der Waals surface area contributed by atoms with Gasteiger partial charge in [-0.25, -0.2) is 17.5 Å². The van der Waals surface area contributed by atoms with Gasteiger partial charge in [0.25, 0.3) is 10.0 Å². The Labute approximate surface area is 165 Å². The molecular formula is C17H15Cl2FN4O2S. The van der Waals surface area contributed by atoms with Crippen LogP contribution in [0.4, 0.5) is 15.8 Å². The quantitative estimate of drug-likeness (QED) is 0.605. The average Bonchev–Trinajstić information content (AvgIpc) is 2.90. The zero-order valence-electron chi connectivity index (χ0n) is 14.3. The van der Waals surface area contributed by atoms with E-state index in [9.17, 15) is 12.8 Å². The molecule has 3 aromatic rings. The summed E-state index contributed by atoms with van der Waals surface area (Å²) in [6, 6.07) is 8.11. The molecule has 0 unspecified atom stereocenters. The van der Waals surface area contributed by atoms with Crippen LogP contribution in [0, 0.1) is 19.7 Å². The van der Waals surface area contributed by atoms with E-state index < -0.39 is 15.8 Å². The van der Waals surface area contributed by atoms with E-state index in [1.165, 1.54) is 28.9 Å². The Morgan fingerprint density at radius 1 is 1.11 bits per heavy atom. The fraction of sp³-hybridized carbons (Fsp3) is 0.118. The molecule has 142 valence electrons. The number of aryl methyl sites for hydroxylation is 2. The molecule has 0 radical (unpaired) electrons. The predicted molar refractivity (Wildman–Crippen MR) is 105 cm³/mol. The maximum atomic E-state index is 14.5. The normalized spacial score (nSPS) is 11.6. The van der Waals surface area contributed by atoms with Crippen molar-refractivity contribution in [1.29, 1.82) is 0 Å². The topological polar surface area (TPSA) is 90.0 Å². The second-order valence-electron chi connectivity index (χ2n) is 5.91. The minimum atomic E-state index is -4.04. The molecule has 1 aromatic heterocycles. The van der Waals surface area contributed by atoms with Crippen molar-refractivity contribution in [1.82, 2.24) is 9.78 Å². The first-order chi connectivity index (χ1) is 12.6. The van der Waals surface area contributed by atoms with Gasteiger partial charge in [-0.1, -0.05) is 23.2 Å². The highest BCUT2D eigenvalue weighted by molar-refractivity contribution is 7.92. The van der Waals surface area contributed by atoms with Crippen molar-refractivity contribution in [2.24, 2.45) is 0 Å². The van der Waals surface area contributed by atoms with E-state index in [0.29, 0.717) is 0 Å². The molecule has 27 heavy (non-hydrogen) atoms. The third-order valence-corrected chi connectivity index (χ3v) is 5.79. The molecule has 0 saturated heterocycles.